The quantitative estimate of drug-likeness (QED) is 0.881. The molecule has 0 aromatic carbocycles. The number of nitrogens with zero attached hydrogens (tertiary/aromatic N) is 3. The summed E-state index contributed by atoms with van der Waals surface area (Å²) >= 11 is 7.93. The highest BCUT2D eigenvalue weighted by Crippen LogP contribution is 2.32. The number of aromatic nitrogens is 2. The average molecular weight is 314 g/mol. The van der Waals surface area contributed by atoms with E-state index < -0.39 is 5.60 Å². The molecule has 2 rings (SSSR count). The van der Waals surface area contributed by atoms with Gasteiger partial charge < -0.3 is 5.11 Å². The molecule has 0 radical (unpaired) electrons. The molecule has 1 N–H and O–H groups in total. The predicted molar refractivity (Wildman–Crippen MR) is 84.5 cm³/mol. The van der Waals surface area contributed by atoms with Crippen molar-refractivity contribution in [2.75, 3.05) is 13.6 Å². The summed E-state index contributed by atoms with van der Waals surface area (Å²) in [6.07, 6.45) is 0. The Morgan fingerprint density at radius 2 is 1.95 bits per heavy atom. The second kappa shape index (κ2) is 5.56. The third-order valence-electron chi connectivity index (χ3n) is 3.10. The van der Waals surface area contributed by atoms with E-state index in [0.717, 1.165) is 15.8 Å². The largest absolute Gasteiger partial charge is 0.389 e. The lowest BCUT2D eigenvalue weighted by molar-refractivity contribution is 0.0418. The van der Waals surface area contributed by atoms with Crippen LogP contribution in [0.1, 0.15) is 30.1 Å². The Hall–Kier alpha value is -0.750. The SMILES string of the molecule is Cc1sc2nc(CN(C)CC(C)(C)O)nc(Cl)c2c1C. The number of hydrogen-bond donors (Lipinski definition) is 1. The number of halogens is 1. The van der Waals surface area contributed by atoms with Crippen LogP contribution in [0.4, 0.5) is 0 Å². The molecule has 0 unspecified atom stereocenters. The smallest absolute Gasteiger partial charge is 0.145 e. The summed E-state index contributed by atoms with van der Waals surface area (Å²) in [5.74, 6) is 0.690. The van der Waals surface area contributed by atoms with Crippen LogP contribution >= 0.6 is 22.9 Å². The molecule has 0 saturated carbocycles. The van der Waals surface area contributed by atoms with Crippen LogP contribution in [0.3, 0.4) is 0 Å². The summed E-state index contributed by atoms with van der Waals surface area (Å²) in [6, 6.07) is 0. The maximum Gasteiger partial charge on any atom is 0.145 e. The van der Waals surface area contributed by atoms with Crippen molar-refractivity contribution in [3.05, 3.63) is 21.4 Å². The Kier molecular flexibility index (Phi) is 4.35. The van der Waals surface area contributed by atoms with E-state index in [1.165, 1.54) is 4.88 Å². The van der Waals surface area contributed by atoms with Gasteiger partial charge in [-0.3, -0.25) is 4.90 Å². The van der Waals surface area contributed by atoms with Crippen molar-refractivity contribution in [2.24, 2.45) is 0 Å². The summed E-state index contributed by atoms with van der Waals surface area (Å²) in [5.41, 5.74) is 0.421. The van der Waals surface area contributed by atoms with Crippen LogP contribution in [0.2, 0.25) is 5.15 Å². The Bertz CT molecular complexity index is 633. The van der Waals surface area contributed by atoms with Gasteiger partial charge in [-0.2, -0.15) is 0 Å². The Balaban J connectivity index is 2.28. The van der Waals surface area contributed by atoms with Crippen LogP contribution in [0.5, 0.6) is 0 Å². The molecule has 6 heteroatoms. The maximum absolute atomic E-state index is 9.83. The molecule has 0 aliphatic heterocycles. The molecular formula is C14H20ClN3OS. The molecule has 20 heavy (non-hydrogen) atoms. The highest BCUT2D eigenvalue weighted by atomic mass is 35.5. The van der Waals surface area contributed by atoms with Crippen molar-refractivity contribution >= 4 is 33.2 Å². The van der Waals surface area contributed by atoms with Gasteiger partial charge >= 0.3 is 0 Å². The minimum Gasteiger partial charge on any atom is -0.389 e. The zero-order valence-corrected chi connectivity index (χ0v) is 14.1. The predicted octanol–water partition coefficient (Wildman–Crippen LogP) is 3.16. The van der Waals surface area contributed by atoms with Crippen molar-refractivity contribution in [1.82, 2.24) is 14.9 Å². The molecule has 2 aromatic heterocycles. The number of hydrogen-bond acceptors (Lipinski definition) is 5. The number of aryl methyl sites for hydroxylation is 2. The van der Waals surface area contributed by atoms with Gasteiger partial charge in [0.05, 0.1) is 17.5 Å². The fraction of sp³-hybridized carbons (Fsp3) is 0.571. The van der Waals surface area contributed by atoms with Gasteiger partial charge in [-0.05, 0) is 40.3 Å². The zero-order chi connectivity index (χ0) is 15.1. The Morgan fingerprint density at radius 3 is 2.55 bits per heavy atom. The lowest BCUT2D eigenvalue weighted by Gasteiger charge is -2.24. The third kappa shape index (κ3) is 3.47. The molecular weight excluding hydrogens is 294 g/mol. The van der Waals surface area contributed by atoms with E-state index in [0.29, 0.717) is 24.1 Å². The van der Waals surface area contributed by atoms with E-state index in [4.69, 9.17) is 11.6 Å². The van der Waals surface area contributed by atoms with Gasteiger partial charge in [0.25, 0.3) is 0 Å². The van der Waals surface area contributed by atoms with Crippen LogP contribution < -0.4 is 0 Å². The molecule has 0 fully saturated rings. The summed E-state index contributed by atoms with van der Waals surface area (Å²) in [4.78, 5) is 13.1. The van der Waals surface area contributed by atoms with E-state index in [-0.39, 0.29) is 0 Å². The summed E-state index contributed by atoms with van der Waals surface area (Å²) in [5, 5.41) is 11.3. The molecule has 0 aliphatic rings. The lowest BCUT2D eigenvalue weighted by atomic mass is 10.1. The normalized spacial score (nSPS) is 12.6. The molecule has 0 aliphatic carbocycles. The molecule has 4 nitrogen and oxygen atoms in total. The van der Waals surface area contributed by atoms with Gasteiger partial charge in [0.2, 0.25) is 0 Å². The first kappa shape index (κ1) is 15.6. The minimum absolute atomic E-state index is 0.517. The number of aliphatic hydroxyl groups is 1. The number of rotatable bonds is 4. The number of likely N-dealkylation sites (N-methyl/N-ethyl adjacent to an activating group) is 1. The van der Waals surface area contributed by atoms with Gasteiger partial charge in [-0.15, -0.1) is 11.3 Å². The minimum atomic E-state index is -0.737. The van der Waals surface area contributed by atoms with Crippen molar-refractivity contribution in [2.45, 2.75) is 39.8 Å². The van der Waals surface area contributed by atoms with E-state index in [1.54, 1.807) is 25.2 Å². The van der Waals surface area contributed by atoms with Crippen LogP contribution in [-0.2, 0) is 6.54 Å². The summed E-state index contributed by atoms with van der Waals surface area (Å²) in [6.45, 7) is 8.80. The van der Waals surface area contributed by atoms with Crippen LogP contribution in [-0.4, -0.2) is 39.2 Å². The monoisotopic (exact) mass is 313 g/mol. The topological polar surface area (TPSA) is 49.2 Å². The van der Waals surface area contributed by atoms with Gasteiger partial charge in [-0.1, -0.05) is 11.6 Å². The van der Waals surface area contributed by atoms with Crippen molar-refractivity contribution < 1.29 is 5.11 Å². The molecule has 2 heterocycles. The average Bonchev–Trinajstić information content (AvgIpc) is 2.51. The molecule has 0 bridgehead atoms. The van der Waals surface area contributed by atoms with Gasteiger partial charge in [-0.25, -0.2) is 9.97 Å². The maximum atomic E-state index is 9.83. The Morgan fingerprint density at radius 1 is 1.30 bits per heavy atom. The first-order chi connectivity index (χ1) is 9.17. The fourth-order valence-electron chi connectivity index (χ4n) is 2.27. The number of thiophene rings is 1. The molecule has 2 aromatic rings. The zero-order valence-electron chi connectivity index (χ0n) is 12.5. The molecule has 0 saturated heterocycles. The van der Waals surface area contributed by atoms with E-state index in [2.05, 4.69) is 16.9 Å². The van der Waals surface area contributed by atoms with Crippen LogP contribution in [0.15, 0.2) is 0 Å². The van der Waals surface area contributed by atoms with Gasteiger partial charge in [0, 0.05) is 11.4 Å². The fourth-order valence-corrected chi connectivity index (χ4v) is 3.70. The van der Waals surface area contributed by atoms with E-state index in [1.807, 2.05) is 18.9 Å². The van der Waals surface area contributed by atoms with Gasteiger partial charge in [0.1, 0.15) is 15.8 Å². The summed E-state index contributed by atoms with van der Waals surface area (Å²) in [7, 11) is 1.93. The molecule has 0 atom stereocenters. The molecule has 0 amide bonds. The van der Waals surface area contributed by atoms with Gasteiger partial charge in [0.15, 0.2) is 0 Å². The van der Waals surface area contributed by atoms with E-state index in [9.17, 15) is 5.11 Å². The highest BCUT2D eigenvalue weighted by molar-refractivity contribution is 7.18. The lowest BCUT2D eigenvalue weighted by Crippen LogP contribution is -2.36. The first-order valence-electron chi connectivity index (χ1n) is 6.50. The summed E-state index contributed by atoms with van der Waals surface area (Å²) < 4.78 is 0. The van der Waals surface area contributed by atoms with E-state index >= 15 is 0 Å². The van der Waals surface area contributed by atoms with Crippen LogP contribution in [0.25, 0.3) is 10.2 Å². The first-order valence-corrected chi connectivity index (χ1v) is 7.70. The third-order valence-corrected chi connectivity index (χ3v) is 4.47. The molecule has 0 spiro atoms. The highest BCUT2D eigenvalue weighted by Gasteiger charge is 2.18. The Labute approximate surface area is 128 Å². The number of fused-ring (bicyclic) bond motifs is 1. The second-order valence-corrected chi connectivity index (χ2v) is 7.44. The second-order valence-electron chi connectivity index (χ2n) is 5.88. The van der Waals surface area contributed by atoms with Crippen LogP contribution in [0, 0.1) is 13.8 Å². The standard InChI is InChI=1S/C14H20ClN3OS/c1-8-9(2)20-13-11(8)12(15)16-10(17-13)6-18(5)7-14(3,4)19/h19H,6-7H2,1-5H3. The van der Waals surface area contributed by atoms with Crippen molar-refractivity contribution in [3.8, 4) is 0 Å². The van der Waals surface area contributed by atoms with Crippen molar-refractivity contribution in [3.63, 3.8) is 0 Å². The molecule has 110 valence electrons. The van der Waals surface area contributed by atoms with Crippen molar-refractivity contribution in [1.29, 1.82) is 0 Å².